The molecule has 3 aliphatic rings. The molecule has 0 bridgehead atoms. The van der Waals surface area contributed by atoms with E-state index in [1.54, 1.807) is 0 Å². The molecule has 170 valence electrons. The Labute approximate surface area is 192 Å². The summed E-state index contributed by atoms with van der Waals surface area (Å²) in [5.74, 6) is 1.69. The number of aromatic nitrogens is 4. The molecule has 1 spiro atoms. The summed E-state index contributed by atoms with van der Waals surface area (Å²) < 4.78 is 5.85. The number of nitrogens with two attached hydrogens (primary N) is 1. The summed E-state index contributed by atoms with van der Waals surface area (Å²) in [7, 11) is 0. The Morgan fingerprint density at radius 1 is 1.24 bits per heavy atom. The normalized spacial score (nSPS) is 24.3. The van der Waals surface area contributed by atoms with Gasteiger partial charge in [-0.1, -0.05) is 12.1 Å². The number of benzene rings is 1. The molecule has 33 heavy (non-hydrogen) atoms. The zero-order chi connectivity index (χ0) is 22.6. The van der Waals surface area contributed by atoms with Gasteiger partial charge in [0, 0.05) is 37.6 Å². The molecule has 0 aliphatic carbocycles. The first kappa shape index (κ1) is 20.4. The third kappa shape index (κ3) is 3.24. The van der Waals surface area contributed by atoms with Crippen molar-refractivity contribution < 1.29 is 4.74 Å². The molecule has 2 saturated heterocycles. The van der Waals surface area contributed by atoms with Gasteiger partial charge in [0.15, 0.2) is 17.0 Å². The molecule has 9 nitrogen and oxygen atoms in total. The Morgan fingerprint density at radius 2 is 2.09 bits per heavy atom. The standard InChI is InChI=1S/C24H28N8O/c1-15-21(26)24(14-33-15)6-9-31(10-7-24)19-12-27-20-22(28-19)29-30-23(20)32-8-5-18-16(11-25)3-2-4-17(18)13-32/h2-4,12,15,21H,5-10,13-14,26H2,1H3,(H,28,29,30)/t15-,21+/m0/s1. The average molecular weight is 445 g/mol. The monoisotopic (exact) mass is 444 g/mol. The molecule has 9 heteroatoms. The van der Waals surface area contributed by atoms with E-state index in [2.05, 4.69) is 39.1 Å². The van der Waals surface area contributed by atoms with Crippen LogP contribution in [0, 0.1) is 16.7 Å². The second-order valence-electron chi connectivity index (χ2n) is 9.59. The first-order chi connectivity index (χ1) is 16.1. The molecular weight excluding hydrogens is 416 g/mol. The molecule has 5 heterocycles. The van der Waals surface area contributed by atoms with E-state index in [0.717, 1.165) is 73.8 Å². The summed E-state index contributed by atoms with van der Waals surface area (Å²) in [4.78, 5) is 14.1. The number of H-pyrrole nitrogens is 1. The third-order valence-corrected chi connectivity index (χ3v) is 7.85. The number of hydrogen-bond donors (Lipinski definition) is 2. The van der Waals surface area contributed by atoms with Gasteiger partial charge in [-0.05, 0) is 43.4 Å². The molecule has 2 fully saturated rings. The second kappa shape index (κ2) is 7.68. The Kier molecular flexibility index (Phi) is 4.75. The van der Waals surface area contributed by atoms with Crippen LogP contribution in [-0.4, -0.2) is 58.6 Å². The highest BCUT2D eigenvalue weighted by atomic mass is 16.5. The second-order valence-corrected chi connectivity index (χ2v) is 9.59. The lowest BCUT2D eigenvalue weighted by molar-refractivity contribution is 0.0974. The predicted molar refractivity (Wildman–Crippen MR) is 125 cm³/mol. The minimum atomic E-state index is 0.0879. The zero-order valence-electron chi connectivity index (χ0n) is 18.8. The smallest absolute Gasteiger partial charge is 0.179 e. The van der Waals surface area contributed by atoms with Crippen LogP contribution in [0.4, 0.5) is 11.6 Å². The van der Waals surface area contributed by atoms with Gasteiger partial charge in [0.2, 0.25) is 0 Å². The fourth-order valence-electron chi connectivity index (χ4n) is 5.70. The summed E-state index contributed by atoms with van der Waals surface area (Å²) in [5.41, 5.74) is 11.1. The van der Waals surface area contributed by atoms with Crippen LogP contribution in [0.1, 0.15) is 36.5 Å². The van der Waals surface area contributed by atoms with Crippen molar-refractivity contribution in [1.82, 2.24) is 20.2 Å². The van der Waals surface area contributed by atoms with Gasteiger partial charge < -0.3 is 20.3 Å². The van der Waals surface area contributed by atoms with Crippen molar-refractivity contribution in [3.63, 3.8) is 0 Å². The summed E-state index contributed by atoms with van der Waals surface area (Å²) in [5, 5.41) is 17.0. The third-order valence-electron chi connectivity index (χ3n) is 7.85. The van der Waals surface area contributed by atoms with E-state index in [1.807, 2.05) is 18.3 Å². The van der Waals surface area contributed by atoms with Crippen molar-refractivity contribution in [2.24, 2.45) is 11.1 Å². The van der Waals surface area contributed by atoms with Crippen LogP contribution < -0.4 is 15.5 Å². The van der Waals surface area contributed by atoms with E-state index in [-0.39, 0.29) is 17.6 Å². The van der Waals surface area contributed by atoms with Crippen LogP contribution in [0.2, 0.25) is 0 Å². The average Bonchev–Trinajstić information content (AvgIpc) is 3.40. The van der Waals surface area contributed by atoms with E-state index in [1.165, 1.54) is 5.56 Å². The van der Waals surface area contributed by atoms with Gasteiger partial charge in [0.05, 0.1) is 30.5 Å². The predicted octanol–water partition coefficient (Wildman–Crippen LogP) is 2.12. The maximum Gasteiger partial charge on any atom is 0.179 e. The molecule has 3 N–H and O–H groups in total. The molecule has 0 radical (unpaired) electrons. The van der Waals surface area contributed by atoms with Crippen molar-refractivity contribution >= 4 is 22.8 Å². The van der Waals surface area contributed by atoms with E-state index < -0.39 is 0 Å². The van der Waals surface area contributed by atoms with Crippen LogP contribution >= 0.6 is 0 Å². The minimum absolute atomic E-state index is 0.0879. The van der Waals surface area contributed by atoms with Gasteiger partial charge in [-0.3, -0.25) is 5.10 Å². The fourth-order valence-corrected chi connectivity index (χ4v) is 5.70. The van der Waals surface area contributed by atoms with Gasteiger partial charge in [-0.2, -0.15) is 10.4 Å². The number of fused-ring (bicyclic) bond motifs is 2. The lowest BCUT2D eigenvalue weighted by Gasteiger charge is -2.41. The number of nitriles is 1. The molecule has 3 aromatic rings. The van der Waals surface area contributed by atoms with Crippen molar-refractivity contribution in [3.05, 3.63) is 41.1 Å². The van der Waals surface area contributed by atoms with Crippen LogP contribution in [-0.2, 0) is 17.7 Å². The fraction of sp³-hybridized carbons (Fsp3) is 0.500. The lowest BCUT2D eigenvalue weighted by Crippen LogP contribution is -2.50. The molecule has 0 unspecified atom stereocenters. The summed E-state index contributed by atoms with van der Waals surface area (Å²) >= 11 is 0. The zero-order valence-corrected chi connectivity index (χ0v) is 18.8. The van der Waals surface area contributed by atoms with Crippen molar-refractivity contribution in [3.8, 4) is 6.07 Å². The molecule has 3 aliphatic heterocycles. The number of aromatic amines is 1. The van der Waals surface area contributed by atoms with Crippen LogP contribution in [0.15, 0.2) is 24.4 Å². The number of nitrogens with zero attached hydrogens (tertiary/aromatic N) is 6. The number of nitrogens with one attached hydrogen (secondary N) is 1. The summed E-state index contributed by atoms with van der Waals surface area (Å²) in [6.07, 6.45) is 4.82. The Balaban J connectivity index is 1.21. The van der Waals surface area contributed by atoms with Crippen molar-refractivity contribution in [1.29, 1.82) is 5.26 Å². The molecule has 1 aromatic carbocycles. The minimum Gasteiger partial charge on any atom is -0.376 e. The molecular formula is C24H28N8O. The summed E-state index contributed by atoms with van der Waals surface area (Å²) in [6.45, 7) is 6.13. The maximum atomic E-state index is 9.39. The topological polar surface area (TPSA) is 120 Å². The van der Waals surface area contributed by atoms with Crippen LogP contribution in [0.3, 0.4) is 0 Å². The van der Waals surface area contributed by atoms with E-state index in [9.17, 15) is 5.26 Å². The Morgan fingerprint density at radius 3 is 2.85 bits per heavy atom. The molecule has 0 saturated carbocycles. The van der Waals surface area contributed by atoms with Gasteiger partial charge in [0.25, 0.3) is 0 Å². The van der Waals surface area contributed by atoms with Gasteiger partial charge in [0.1, 0.15) is 5.82 Å². The number of anilines is 2. The number of ether oxygens (including phenoxy) is 1. The Hall–Kier alpha value is -3.22. The summed E-state index contributed by atoms with van der Waals surface area (Å²) in [6, 6.07) is 8.34. The van der Waals surface area contributed by atoms with Gasteiger partial charge >= 0.3 is 0 Å². The molecule has 0 amide bonds. The van der Waals surface area contributed by atoms with Gasteiger partial charge in [-0.15, -0.1) is 0 Å². The maximum absolute atomic E-state index is 9.39. The highest BCUT2D eigenvalue weighted by molar-refractivity contribution is 5.84. The van der Waals surface area contributed by atoms with Gasteiger partial charge in [-0.25, -0.2) is 9.97 Å². The number of piperidine rings is 1. The lowest BCUT2D eigenvalue weighted by atomic mass is 9.73. The highest BCUT2D eigenvalue weighted by Crippen LogP contribution is 2.42. The SMILES string of the molecule is C[C@@H]1OCC2(CCN(c3cnc4c(N5CCc6c(C#N)cccc6C5)n[nH]c4n3)CC2)[C@@H]1N. The highest BCUT2D eigenvalue weighted by Gasteiger charge is 2.47. The van der Waals surface area contributed by atoms with E-state index in [0.29, 0.717) is 12.2 Å². The molecule has 2 aromatic heterocycles. The van der Waals surface area contributed by atoms with E-state index >= 15 is 0 Å². The van der Waals surface area contributed by atoms with Crippen molar-refractivity contribution in [2.45, 2.75) is 44.9 Å². The Bertz CT molecular complexity index is 1240. The number of rotatable bonds is 2. The van der Waals surface area contributed by atoms with Crippen molar-refractivity contribution in [2.75, 3.05) is 36.0 Å². The molecule has 6 rings (SSSR count). The number of hydrogen-bond acceptors (Lipinski definition) is 8. The van der Waals surface area contributed by atoms with Crippen LogP contribution in [0.25, 0.3) is 11.2 Å². The van der Waals surface area contributed by atoms with E-state index in [4.69, 9.17) is 20.4 Å². The first-order valence-corrected chi connectivity index (χ1v) is 11.7. The quantitative estimate of drug-likeness (QED) is 0.617. The molecule has 2 atom stereocenters. The van der Waals surface area contributed by atoms with Crippen LogP contribution in [0.5, 0.6) is 0 Å². The largest absolute Gasteiger partial charge is 0.376 e. The first-order valence-electron chi connectivity index (χ1n) is 11.7.